The molecule has 1 aliphatic heterocycles. The van der Waals surface area contributed by atoms with Crippen LogP contribution in [0, 0.1) is 6.92 Å². The van der Waals surface area contributed by atoms with Gasteiger partial charge in [0, 0.05) is 10.0 Å². The van der Waals surface area contributed by atoms with Gasteiger partial charge in [0.1, 0.15) is 5.76 Å². The van der Waals surface area contributed by atoms with E-state index in [1.807, 2.05) is 31.2 Å². The minimum atomic E-state index is -0.702. The lowest BCUT2D eigenvalue weighted by Gasteiger charge is -2.14. The maximum absolute atomic E-state index is 12.2. The van der Waals surface area contributed by atoms with Gasteiger partial charge in [0.2, 0.25) is 0 Å². The number of aliphatic hydroxyl groups is 1. The topological polar surface area (TPSA) is 66.4 Å². The molecular weight excluding hydrogens is 358 g/mol. The first-order valence-electron chi connectivity index (χ1n) is 7.08. The molecule has 1 fully saturated rings. The van der Waals surface area contributed by atoms with Crippen molar-refractivity contribution in [3.8, 4) is 0 Å². The van der Waals surface area contributed by atoms with Gasteiger partial charge in [0.15, 0.2) is 0 Å². The van der Waals surface area contributed by atoms with E-state index in [0.29, 0.717) is 5.56 Å². The number of halogens is 1. The summed E-state index contributed by atoms with van der Waals surface area (Å²) in [6.07, 6.45) is 0. The van der Waals surface area contributed by atoms with E-state index in [1.54, 1.807) is 24.3 Å². The molecule has 4 nitrogen and oxygen atoms in total. The molecule has 1 unspecified atom stereocenters. The largest absolute Gasteiger partial charge is 0.507 e. The third-order valence-corrected chi connectivity index (χ3v) is 4.33. The first-order chi connectivity index (χ1) is 11.0. The number of amides is 1. The second-order valence-electron chi connectivity index (χ2n) is 5.42. The van der Waals surface area contributed by atoms with Gasteiger partial charge >= 0.3 is 0 Å². The van der Waals surface area contributed by atoms with E-state index in [9.17, 15) is 14.7 Å². The molecule has 23 heavy (non-hydrogen) atoms. The Morgan fingerprint density at radius 3 is 2.26 bits per heavy atom. The molecule has 1 aliphatic rings. The molecule has 1 saturated heterocycles. The average molecular weight is 372 g/mol. The molecule has 1 heterocycles. The number of ketones is 1. The van der Waals surface area contributed by atoms with Crippen LogP contribution < -0.4 is 5.32 Å². The van der Waals surface area contributed by atoms with Gasteiger partial charge in [-0.15, -0.1) is 0 Å². The third kappa shape index (κ3) is 2.92. The summed E-state index contributed by atoms with van der Waals surface area (Å²) in [4.78, 5) is 24.0. The molecule has 2 aromatic rings. The minimum absolute atomic E-state index is 0.0844. The molecule has 116 valence electrons. The molecule has 0 aliphatic carbocycles. The van der Waals surface area contributed by atoms with Crippen LogP contribution in [0.4, 0.5) is 0 Å². The number of benzene rings is 2. The van der Waals surface area contributed by atoms with Crippen molar-refractivity contribution in [1.82, 2.24) is 5.32 Å². The van der Waals surface area contributed by atoms with Crippen molar-refractivity contribution in [1.29, 1.82) is 0 Å². The molecule has 3 rings (SSSR count). The molecule has 1 atom stereocenters. The quantitative estimate of drug-likeness (QED) is 0.482. The summed E-state index contributed by atoms with van der Waals surface area (Å²) in [5.74, 6) is -1.57. The van der Waals surface area contributed by atoms with Crippen LogP contribution in [0.3, 0.4) is 0 Å². The normalized spacial score (nSPS) is 19.7. The molecule has 0 spiro atoms. The van der Waals surface area contributed by atoms with Crippen LogP contribution in [0.1, 0.15) is 22.7 Å². The first-order valence-corrected chi connectivity index (χ1v) is 7.87. The summed E-state index contributed by atoms with van der Waals surface area (Å²) >= 11 is 3.35. The van der Waals surface area contributed by atoms with Gasteiger partial charge in [-0.1, -0.05) is 57.9 Å². The van der Waals surface area contributed by atoms with Crippen molar-refractivity contribution in [2.24, 2.45) is 0 Å². The van der Waals surface area contributed by atoms with E-state index in [0.717, 1.165) is 15.6 Å². The molecular formula is C18H14BrNO3. The fourth-order valence-electron chi connectivity index (χ4n) is 2.54. The first kappa shape index (κ1) is 15.5. The highest BCUT2D eigenvalue weighted by Gasteiger charge is 2.39. The Balaban J connectivity index is 2.10. The van der Waals surface area contributed by atoms with Gasteiger partial charge in [-0.3, -0.25) is 9.59 Å². The highest BCUT2D eigenvalue weighted by Crippen LogP contribution is 2.33. The second kappa shape index (κ2) is 6.01. The number of Topliss-reactive ketones (excluding diaryl/α,β-unsaturated/α-hetero) is 1. The van der Waals surface area contributed by atoms with Crippen LogP contribution in [-0.4, -0.2) is 16.8 Å². The maximum atomic E-state index is 12.2. The number of aliphatic hydroxyl groups excluding tert-OH is 1. The summed E-state index contributed by atoms with van der Waals surface area (Å²) < 4.78 is 0.894. The van der Waals surface area contributed by atoms with Gasteiger partial charge in [0.05, 0.1) is 11.6 Å². The Kier molecular flexibility index (Phi) is 4.05. The van der Waals surface area contributed by atoms with Crippen molar-refractivity contribution in [3.63, 3.8) is 0 Å². The summed E-state index contributed by atoms with van der Waals surface area (Å²) in [7, 11) is 0. The van der Waals surface area contributed by atoms with Crippen molar-refractivity contribution in [3.05, 3.63) is 75.3 Å². The summed E-state index contributed by atoms with van der Waals surface area (Å²) in [5, 5.41) is 13.2. The Bertz CT molecular complexity index is 807. The smallest absolute Gasteiger partial charge is 0.293 e. The minimum Gasteiger partial charge on any atom is -0.507 e. The van der Waals surface area contributed by atoms with Crippen LogP contribution in [0.15, 0.2) is 58.6 Å². The lowest BCUT2D eigenvalue weighted by atomic mass is 9.95. The summed E-state index contributed by atoms with van der Waals surface area (Å²) in [6, 6.07) is 13.7. The molecule has 2 N–H and O–H groups in total. The molecule has 2 aromatic carbocycles. The number of aryl methyl sites for hydroxylation is 1. The van der Waals surface area contributed by atoms with Crippen molar-refractivity contribution in [2.45, 2.75) is 13.0 Å². The van der Waals surface area contributed by atoms with E-state index in [2.05, 4.69) is 21.2 Å². The summed E-state index contributed by atoms with van der Waals surface area (Å²) in [6.45, 7) is 1.93. The van der Waals surface area contributed by atoms with E-state index < -0.39 is 17.7 Å². The van der Waals surface area contributed by atoms with E-state index in [4.69, 9.17) is 0 Å². The Morgan fingerprint density at radius 2 is 1.65 bits per heavy atom. The van der Waals surface area contributed by atoms with Crippen molar-refractivity contribution >= 4 is 33.4 Å². The molecule has 0 saturated carbocycles. The Labute approximate surface area is 142 Å². The maximum Gasteiger partial charge on any atom is 0.293 e. The lowest BCUT2D eigenvalue weighted by molar-refractivity contribution is -0.133. The van der Waals surface area contributed by atoms with Crippen LogP contribution in [0.25, 0.3) is 5.76 Å². The van der Waals surface area contributed by atoms with E-state index in [-0.39, 0.29) is 11.3 Å². The van der Waals surface area contributed by atoms with E-state index >= 15 is 0 Å². The SMILES string of the molecule is Cc1ccc(/C(O)=C2/C(=O)C(=O)NC2c2ccc(Br)cc2)cc1. The number of hydrogen-bond donors (Lipinski definition) is 2. The molecule has 5 heteroatoms. The molecule has 0 bridgehead atoms. The van der Waals surface area contributed by atoms with E-state index in [1.165, 1.54) is 0 Å². The highest BCUT2D eigenvalue weighted by atomic mass is 79.9. The zero-order valence-corrected chi connectivity index (χ0v) is 13.9. The molecule has 0 radical (unpaired) electrons. The Hall–Kier alpha value is -2.40. The van der Waals surface area contributed by atoms with Gasteiger partial charge in [-0.2, -0.15) is 0 Å². The van der Waals surface area contributed by atoms with Crippen molar-refractivity contribution < 1.29 is 14.7 Å². The third-order valence-electron chi connectivity index (χ3n) is 3.80. The number of carbonyl (C=O) groups excluding carboxylic acids is 2. The average Bonchev–Trinajstić information content (AvgIpc) is 2.84. The van der Waals surface area contributed by atoms with Crippen LogP contribution in [0.2, 0.25) is 0 Å². The predicted octanol–water partition coefficient (Wildman–Crippen LogP) is 3.47. The zero-order valence-electron chi connectivity index (χ0n) is 12.3. The highest BCUT2D eigenvalue weighted by molar-refractivity contribution is 9.10. The second-order valence-corrected chi connectivity index (χ2v) is 6.33. The molecule has 1 amide bonds. The number of nitrogens with one attached hydrogen (secondary N) is 1. The predicted molar refractivity (Wildman–Crippen MR) is 90.8 cm³/mol. The van der Waals surface area contributed by atoms with Crippen LogP contribution >= 0.6 is 15.9 Å². The fourth-order valence-corrected chi connectivity index (χ4v) is 2.80. The summed E-state index contributed by atoms with van der Waals surface area (Å²) in [5.41, 5.74) is 2.38. The fraction of sp³-hybridized carbons (Fsp3) is 0.111. The molecule has 0 aromatic heterocycles. The number of carbonyl (C=O) groups is 2. The standard InChI is InChI=1S/C18H14BrNO3/c1-10-2-4-12(5-3-10)16(21)14-15(20-18(23)17(14)22)11-6-8-13(19)9-7-11/h2-9,15,21H,1H3,(H,20,23)/b16-14-. The Morgan fingerprint density at radius 1 is 1.04 bits per heavy atom. The van der Waals surface area contributed by atoms with Gasteiger partial charge in [-0.05, 0) is 24.6 Å². The monoisotopic (exact) mass is 371 g/mol. The lowest BCUT2D eigenvalue weighted by Crippen LogP contribution is -2.21. The van der Waals surface area contributed by atoms with Gasteiger partial charge < -0.3 is 10.4 Å². The number of hydrogen-bond acceptors (Lipinski definition) is 3. The van der Waals surface area contributed by atoms with Crippen molar-refractivity contribution in [2.75, 3.05) is 0 Å². The van der Waals surface area contributed by atoms with Gasteiger partial charge in [0.25, 0.3) is 11.7 Å². The zero-order chi connectivity index (χ0) is 16.6. The number of rotatable bonds is 2. The van der Waals surface area contributed by atoms with Crippen LogP contribution in [-0.2, 0) is 9.59 Å². The van der Waals surface area contributed by atoms with Gasteiger partial charge in [-0.25, -0.2) is 0 Å². The van der Waals surface area contributed by atoms with Crippen LogP contribution in [0.5, 0.6) is 0 Å².